The molecule has 0 atom stereocenters. The van der Waals surface area contributed by atoms with E-state index in [4.69, 9.17) is 0 Å². The van der Waals surface area contributed by atoms with Crippen LogP contribution >= 0.6 is 0 Å². The van der Waals surface area contributed by atoms with Crippen molar-refractivity contribution >= 4 is 17.6 Å². The lowest BCUT2D eigenvalue weighted by molar-refractivity contribution is -0.159. The maximum atomic E-state index is 12.3. The van der Waals surface area contributed by atoms with Crippen LogP contribution in [0.3, 0.4) is 0 Å². The second-order valence-electron chi connectivity index (χ2n) is 7.48. The number of nitrogens with zero attached hydrogens (tertiary/aromatic N) is 2. The summed E-state index contributed by atoms with van der Waals surface area (Å²) >= 11 is 0. The van der Waals surface area contributed by atoms with Crippen LogP contribution in [0.2, 0.25) is 0 Å². The number of amides is 2. The molecule has 1 aliphatic heterocycles. The molecule has 0 aliphatic carbocycles. The van der Waals surface area contributed by atoms with E-state index in [9.17, 15) is 22.8 Å². The summed E-state index contributed by atoms with van der Waals surface area (Å²) in [6.07, 6.45) is 9.88. The molecule has 0 saturated carbocycles. The molecule has 0 aromatic carbocycles. The third kappa shape index (κ3) is 12.0. The van der Waals surface area contributed by atoms with E-state index in [1.165, 1.54) is 57.8 Å². The second-order valence-corrected chi connectivity index (χ2v) is 7.48. The van der Waals surface area contributed by atoms with Crippen molar-refractivity contribution in [3.8, 4) is 0 Å². The van der Waals surface area contributed by atoms with Gasteiger partial charge in [-0.3, -0.25) is 9.59 Å². The van der Waals surface area contributed by atoms with Crippen molar-refractivity contribution in [2.75, 3.05) is 6.54 Å². The van der Waals surface area contributed by atoms with Crippen LogP contribution in [-0.4, -0.2) is 35.4 Å². The predicted molar refractivity (Wildman–Crippen MR) is 104 cm³/mol. The molecule has 2 amide bonds. The monoisotopic (exact) mass is 405 g/mol. The number of rotatable bonds is 14. The molecular weight excluding hydrogens is 371 g/mol. The quantitative estimate of drug-likeness (QED) is 0.399. The average Bonchev–Trinajstić information content (AvgIpc) is 2.93. The molecule has 0 fully saturated rings. The van der Waals surface area contributed by atoms with E-state index >= 15 is 0 Å². The number of unbranched alkanes of at least 4 members (excludes halogenated alkanes) is 11. The van der Waals surface area contributed by atoms with E-state index in [1.54, 1.807) is 0 Å². The number of carbonyl (C=O) groups is 2. The molecule has 8 heteroatoms. The highest BCUT2D eigenvalue weighted by molar-refractivity contribution is 6.09. The summed E-state index contributed by atoms with van der Waals surface area (Å²) in [4.78, 5) is 23.3. The van der Waals surface area contributed by atoms with E-state index < -0.39 is 18.6 Å². The zero-order chi connectivity index (χ0) is 20.8. The number of hydrazone groups is 1. The Balaban J connectivity index is 2.01. The number of halogens is 3. The van der Waals surface area contributed by atoms with E-state index in [1.807, 2.05) is 0 Å². The fourth-order valence-electron chi connectivity index (χ4n) is 3.18. The molecular formula is C20H34F3N3O2. The highest BCUT2D eigenvalue weighted by atomic mass is 19.4. The summed E-state index contributed by atoms with van der Waals surface area (Å²) in [6, 6.07) is 0. The molecule has 0 aromatic rings. The number of nitrogens with one attached hydrogen (secondary N) is 1. The lowest BCUT2D eigenvalue weighted by Gasteiger charge is -2.13. The first-order chi connectivity index (χ1) is 13.3. The van der Waals surface area contributed by atoms with Crippen molar-refractivity contribution < 1.29 is 22.8 Å². The van der Waals surface area contributed by atoms with Gasteiger partial charge in [-0.25, -0.2) is 5.01 Å². The summed E-state index contributed by atoms with van der Waals surface area (Å²) in [6.45, 7) is 0.795. The van der Waals surface area contributed by atoms with Gasteiger partial charge in [0.1, 0.15) is 12.4 Å². The van der Waals surface area contributed by atoms with Gasteiger partial charge in [0, 0.05) is 6.42 Å². The normalized spacial score (nSPS) is 14.5. The van der Waals surface area contributed by atoms with Gasteiger partial charge in [0.25, 0.3) is 5.91 Å². The molecule has 1 heterocycles. The maximum Gasteiger partial charge on any atom is 0.408 e. The standard InChI is InChI=1S/C20H34F3N3O2/c1-2-3-4-5-6-7-8-9-10-11-12-13-14-18(27)24-17-15-19(28)26(25-17)16-20(21,22)23/h2-16H2,1H3,(H,24,25,27). The zero-order valence-electron chi connectivity index (χ0n) is 17.0. The summed E-state index contributed by atoms with van der Waals surface area (Å²) in [5, 5.41) is 6.36. The highest BCUT2D eigenvalue weighted by Crippen LogP contribution is 2.19. The topological polar surface area (TPSA) is 61.8 Å². The predicted octanol–water partition coefficient (Wildman–Crippen LogP) is 5.30. The fraction of sp³-hybridized carbons (Fsp3) is 0.850. The summed E-state index contributed by atoms with van der Waals surface area (Å²) in [5.41, 5.74) is 0. The Bertz CT molecular complexity index is 507. The van der Waals surface area contributed by atoms with Gasteiger partial charge >= 0.3 is 6.18 Å². The van der Waals surface area contributed by atoms with Crippen LogP contribution < -0.4 is 5.32 Å². The Morgan fingerprint density at radius 1 is 0.964 bits per heavy atom. The number of alkyl halides is 3. The van der Waals surface area contributed by atoms with Crippen LogP contribution in [0.1, 0.15) is 96.8 Å². The first kappa shape index (κ1) is 24.4. The summed E-state index contributed by atoms with van der Waals surface area (Å²) < 4.78 is 37.0. The molecule has 0 unspecified atom stereocenters. The Morgan fingerprint density at radius 2 is 1.46 bits per heavy atom. The Morgan fingerprint density at radius 3 is 1.96 bits per heavy atom. The number of amidine groups is 1. The van der Waals surface area contributed by atoms with E-state index in [-0.39, 0.29) is 18.2 Å². The van der Waals surface area contributed by atoms with Gasteiger partial charge in [-0.2, -0.15) is 18.3 Å². The first-order valence-corrected chi connectivity index (χ1v) is 10.6. The Kier molecular flexibility index (Phi) is 11.8. The van der Waals surface area contributed by atoms with Gasteiger partial charge in [0.2, 0.25) is 5.91 Å². The van der Waals surface area contributed by atoms with Crippen LogP contribution in [0, 0.1) is 0 Å². The minimum absolute atomic E-state index is 0.00168. The molecule has 162 valence electrons. The van der Waals surface area contributed by atoms with Gasteiger partial charge in [-0.1, -0.05) is 77.6 Å². The fourth-order valence-corrected chi connectivity index (χ4v) is 3.18. The minimum atomic E-state index is -4.51. The van der Waals surface area contributed by atoms with E-state index in [2.05, 4.69) is 17.3 Å². The van der Waals surface area contributed by atoms with Gasteiger partial charge in [-0.05, 0) is 6.42 Å². The van der Waals surface area contributed by atoms with Gasteiger partial charge in [-0.15, -0.1) is 0 Å². The van der Waals surface area contributed by atoms with Crippen LogP contribution in [0.4, 0.5) is 13.2 Å². The largest absolute Gasteiger partial charge is 0.408 e. The zero-order valence-corrected chi connectivity index (χ0v) is 17.0. The van der Waals surface area contributed by atoms with Gasteiger partial charge in [0.05, 0.1) is 6.42 Å². The SMILES string of the molecule is CCCCCCCCCCCCCCC(=O)NC1=NN(CC(F)(F)F)C(=O)C1. The van der Waals surface area contributed by atoms with Crippen molar-refractivity contribution in [1.29, 1.82) is 0 Å². The number of carbonyl (C=O) groups excluding carboxylic acids is 2. The molecule has 0 spiro atoms. The Hall–Kier alpha value is -1.60. The van der Waals surface area contributed by atoms with Crippen molar-refractivity contribution in [2.45, 2.75) is 103 Å². The van der Waals surface area contributed by atoms with Crippen LogP contribution in [0.5, 0.6) is 0 Å². The number of hydrogen-bond donors (Lipinski definition) is 1. The van der Waals surface area contributed by atoms with E-state index in [0.29, 0.717) is 11.4 Å². The lowest BCUT2D eigenvalue weighted by atomic mass is 10.0. The van der Waals surface area contributed by atoms with E-state index in [0.717, 1.165) is 19.3 Å². The van der Waals surface area contributed by atoms with Crippen molar-refractivity contribution in [3.05, 3.63) is 0 Å². The van der Waals surface area contributed by atoms with Crippen molar-refractivity contribution in [3.63, 3.8) is 0 Å². The highest BCUT2D eigenvalue weighted by Gasteiger charge is 2.36. The van der Waals surface area contributed by atoms with Crippen LogP contribution in [0.15, 0.2) is 5.10 Å². The smallest absolute Gasteiger partial charge is 0.312 e. The van der Waals surface area contributed by atoms with Crippen molar-refractivity contribution in [2.24, 2.45) is 5.10 Å². The first-order valence-electron chi connectivity index (χ1n) is 10.6. The Labute approximate surface area is 166 Å². The molecule has 5 nitrogen and oxygen atoms in total. The summed E-state index contributed by atoms with van der Waals surface area (Å²) in [7, 11) is 0. The average molecular weight is 406 g/mol. The molecule has 28 heavy (non-hydrogen) atoms. The molecule has 0 aromatic heterocycles. The van der Waals surface area contributed by atoms with Gasteiger partial charge in [0.15, 0.2) is 0 Å². The molecule has 0 bridgehead atoms. The third-order valence-electron chi connectivity index (χ3n) is 4.72. The minimum Gasteiger partial charge on any atom is -0.312 e. The van der Waals surface area contributed by atoms with Crippen LogP contribution in [-0.2, 0) is 9.59 Å². The summed E-state index contributed by atoms with van der Waals surface area (Å²) in [5.74, 6) is -1.05. The number of hydrogen-bond acceptors (Lipinski definition) is 3. The molecule has 0 saturated heterocycles. The molecule has 1 rings (SSSR count). The molecule has 1 N–H and O–H groups in total. The van der Waals surface area contributed by atoms with Crippen molar-refractivity contribution in [1.82, 2.24) is 10.3 Å². The lowest BCUT2D eigenvalue weighted by Crippen LogP contribution is -2.32. The second kappa shape index (κ2) is 13.6. The maximum absolute atomic E-state index is 12.3. The molecule has 1 aliphatic rings. The third-order valence-corrected chi connectivity index (χ3v) is 4.72. The molecule has 0 radical (unpaired) electrons. The van der Waals surface area contributed by atoms with Crippen LogP contribution in [0.25, 0.3) is 0 Å². The van der Waals surface area contributed by atoms with Gasteiger partial charge < -0.3 is 5.32 Å².